The predicted octanol–water partition coefficient (Wildman–Crippen LogP) is 5.72. The third-order valence-corrected chi connectivity index (χ3v) is 5.92. The van der Waals surface area contributed by atoms with Gasteiger partial charge in [-0.3, -0.25) is 0 Å². The second-order valence-corrected chi connectivity index (χ2v) is 9.08. The molecule has 0 aromatic heterocycles. The van der Waals surface area contributed by atoms with Gasteiger partial charge in [0.25, 0.3) is 0 Å². The van der Waals surface area contributed by atoms with E-state index >= 15 is 0 Å². The Bertz CT molecular complexity index is 1290. The zero-order valence-corrected chi connectivity index (χ0v) is 16.9. The first-order valence-electron chi connectivity index (χ1n) is 9.12. The number of aryl methyl sites for hydroxylation is 1. The average molecular weight is 404 g/mol. The Kier molecular flexibility index (Phi) is 4.76. The van der Waals surface area contributed by atoms with Crippen LogP contribution in [0, 0.1) is 6.92 Å². The highest BCUT2D eigenvalue weighted by Gasteiger charge is 2.14. The Morgan fingerprint density at radius 2 is 1.52 bits per heavy atom. The summed E-state index contributed by atoms with van der Waals surface area (Å²) in [6, 6.07) is 23.5. The second-order valence-electron chi connectivity index (χ2n) is 7.06. The number of ether oxygens (including phenoxy) is 1. The van der Waals surface area contributed by atoms with Crippen LogP contribution in [0.1, 0.15) is 5.56 Å². The van der Waals surface area contributed by atoms with Gasteiger partial charge in [0.05, 0.1) is 4.90 Å². The van der Waals surface area contributed by atoms with Crippen LogP contribution in [0.4, 0.5) is 0 Å². The highest BCUT2D eigenvalue weighted by molar-refractivity contribution is 7.90. The largest absolute Gasteiger partial charge is 0.508 e. The van der Waals surface area contributed by atoms with Gasteiger partial charge in [0.15, 0.2) is 9.84 Å². The minimum absolute atomic E-state index is 0.184. The molecular formula is C24H20O4S. The number of hydrogen-bond donors (Lipinski definition) is 1. The van der Waals surface area contributed by atoms with Crippen molar-refractivity contribution in [1.29, 1.82) is 0 Å². The van der Waals surface area contributed by atoms with Gasteiger partial charge < -0.3 is 9.84 Å². The fraction of sp³-hybridized carbons (Fsp3) is 0.0833. The molecular weight excluding hydrogens is 384 g/mol. The van der Waals surface area contributed by atoms with Crippen molar-refractivity contribution in [3.8, 4) is 28.4 Å². The summed E-state index contributed by atoms with van der Waals surface area (Å²) in [4.78, 5) is 0.271. The molecule has 0 aliphatic rings. The topological polar surface area (TPSA) is 63.6 Å². The van der Waals surface area contributed by atoms with Crippen LogP contribution in [-0.4, -0.2) is 19.8 Å². The summed E-state index contributed by atoms with van der Waals surface area (Å²) in [7, 11) is -3.26. The fourth-order valence-electron chi connectivity index (χ4n) is 3.23. The van der Waals surface area contributed by atoms with Gasteiger partial charge in [-0.2, -0.15) is 0 Å². The number of rotatable bonds is 4. The molecule has 4 rings (SSSR count). The van der Waals surface area contributed by atoms with Crippen molar-refractivity contribution in [1.82, 2.24) is 0 Å². The molecule has 0 fully saturated rings. The Balaban J connectivity index is 1.88. The maximum Gasteiger partial charge on any atom is 0.175 e. The molecule has 4 aromatic carbocycles. The van der Waals surface area contributed by atoms with Crippen molar-refractivity contribution in [3.05, 3.63) is 84.4 Å². The molecule has 0 saturated carbocycles. The minimum atomic E-state index is -3.26. The van der Waals surface area contributed by atoms with E-state index in [0.29, 0.717) is 11.5 Å². The number of hydrogen-bond acceptors (Lipinski definition) is 4. The van der Waals surface area contributed by atoms with Gasteiger partial charge in [0, 0.05) is 17.2 Å². The lowest BCUT2D eigenvalue weighted by atomic mass is 9.99. The van der Waals surface area contributed by atoms with Gasteiger partial charge in [0.2, 0.25) is 0 Å². The molecule has 0 spiro atoms. The van der Waals surface area contributed by atoms with Gasteiger partial charge in [0.1, 0.15) is 17.2 Å². The summed E-state index contributed by atoms with van der Waals surface area (Å²) in [5.41, 5.74) is 2.81. The molecule has 0 bridgehead atoms. The third-order valence-electron chi connectivity index (χ3n) is 4.79. The smallest absolute Gasteiger partial charge is 0.175 e. The van der Waals surface area contributed by atoms with E-state index < -0.39 is 9.84 Å². The molecule has 4 nitrogen and oxygen atoms in total. The van der Waals surface area contributed by atoms with Gasteiger partial charge in [-0.05, 0) is 66.4 Å². The molecule has 4 aromatic rings. The first kappa shape index (κ1) is 19.0. The number of phenolic OH excluding ortho intramolecular Hbond substituents is 1. The van der Waals surface area contributed by atoms with E-state index in [2.05, 4.69) is 0 Å². The van der Waals surface area contributed by atoms with Crippen molar-refractivity contribution in [3.63, 3.8) is 0 Å². The third kappa shape index (κ3) is 3.96. The maximum atomic E-state index is 11.8. The molecule has 0 saturated heterocycles. The number of sulfone groups is 1. The first-order valence-corrected chi connectivity index (χ1v) is 11.0. The summed E-state index contributed by atoms with van der Waals surface area (Å²) in [6.07, 6.45) is 1.19. The zero-order chi connectivity index (χ0) is 20.6. The van der Waals surface area contributed by atoms with Gasteiger partial charge in [-0.15, -0.1) is 0 Å². The van der Waals surface area contributed by atoms with E-state index in [1.807, 2.05) is 49.4 Å². The Morgan fingerprint density at radius 3 is 2.17 bits per heavy atom. The molecule has 1 N–H and O–H groups in total. The minimum Gasteiger partial charge on any atom is -0.508 e. The summed E-state index contributed by atoms with van der Waals surface area (Å²) in [5, 5.41) is 11.5. The summed E-state index contributed by atoms with van der Waals surface area (Å²) in [6.45, 7) is 2.01. The molecule has 0 heterocycles. The highest BCUT2D eigenvalue weighted by atomic mass is 32.2. The Morgan fingerprint density at radius 1 is 0.828 bits per heavy atom. The van der Waals surface area contributed by atoms with Crippen LogP contribution in [0.2, 0.25) is 0 Å². The predicted molar refractivity (Wildman–Crippen MR) is 115 cm³/mol. The van der Waals surface area contributed by atoms with Crippen LogP contribution in [0.15, 0.2) is 83.8 Å². The van der Waals surface area contributed by atoms with E-state index in [1.165, 1.54) is 6.26 Å². The van der Waals surface area contributed by atoms with Crippen molar-refractivity contribution >= 4 is 20.6 Å². The van der Waals surface area contributed by atoms with Crippen molar-refractivity contribution in [2.24, 2.45) is 0 Å². The molecule has 0 aliphatic heterocycles. The van der Waals surface area contributed by atoms with Crippen molar-refractivity contribution in [2.75, 3.05) is 6.26 Å². The maximum absolute atomic E-state index is 11.8. The molecule has 29 heavy (non-hydrogen) atoms. The van der Waals surface area contributed by atoms with Crippen molar-refractivity contribution in [2.45, 2.75) is 11.8 Å². The molecule has 146 valence electrons. The lowest BCUT2D eigenvalue weighted by molar-refractivity contribution is 0.475. The van der Waals surface area contributed by atoms with E-state index in [1.54, 1.807) is 36.4 Å². The fourth-order valence-corrected chi connectivity index (χ4v) is 3.86. The van der Waals surface area contributed by atoms with E-state index in [-0.39, 0.29) is 10.6 Å². The molecule has 0 amide bonds. The van der Waals surface area contributed by atoms with Crippen LogP contribution in [-0.2, 0) is 9.84 Å². The average Bonchev–Trinajstić information content (AvgIpc) is 2.69. The molecule has 0 radical (unpaired) electrons. The monoisotopic (exact) mass is 404 g/mol. The van der Waals surface area contributed by atoms with Crippen LogP contribution in [0.5, 0.6) is 17.2 Å². The molecule has 0 atom stereocenters. The molecule has 0 unspecified atom stereocenters. The quantitative estimate of drug-likeness (QED) is 0.473. The second kappa shape index (κ2) is 7.26. The van der Waals surface area contributed by atoms with E-state index in [9.17, 15) is 13.5 Å². The zero-order valence-electron chi connectivity index (χ0n) is 16.1. The van der Waals surface area contributed by atoms with E-state index in [0.717, 1.165) is 27.5 Å². The molecule has 0 aliphatic carbocycles. The van der Waals surface area contributed by atoms with Crippen LogP contribution in [0.25, 0.3) is 21.9 Å². The van der Waals surface area contributed by atoms with Gasteiger partial charge in [-0.25, -0.2) is 8.42 Å². The number of phenols is 1. The highest BCUT2D eigenvalue weighted by Crippen LogP contribution is 2.40. The van der Waals surface area contributed by atoms with Crippen LogP contribution in [0.3, 0.4) is 0 Å². The van der Waals surface area contributed by atoms with Gasteiger partial charge >= 0.3 is 0 Å². The summed E-state index contributed by atoms with van der Waals surface area (Å²) in [5.74, 6) is 1.53. The van der Waals surface area contributed by atoms with Crippen molar-refractivity contribution < 1.29 is 18.3 Å². The number of aromatic hydroxyl groups is 1. The molecule has 5 heteroatoms. The lowest BCUT2D eigenvalue weighted by Gasteiger charge is -2.15. The van der Waals surface area contributed by atoms with E-state index in [4.69, 9.17) is 4.74 Å². The Labute approximate surface area is 169 Å². The first-order chi connectivity index (χ1) is 13.8. The normalized spacial score (nSPS) is 11.5. The Hall–Kier alpha value is -3.31. The number of benzene rings is 4. The summed E-state index contributed by atoms with van der Waals surface area (Å²) >= 11 is 0. The SMILES string of the molecule is Cc1ccc(Oc2c(-c3ccc(S(C)(=O)=O)cc3)ccc3cc(O)ccc23)cc1. The lowest BCUT2D eigenvalue weighted by Crippen LogP contribution is -1.96. The standard InChI is InChI=1S/C24H20O4S/c1-16-3-9-20(10-4-16)28-24-22(13-7-18-15-19(25)8-14-23(18)24)17-5-11-21(12-6-17)29(2,26)27/h3-15,25H,1-2H3. The summed E-state index contributed by atoms with van der Waals surface area (Å²) < 4.78 is 29.8. The number of fused-ring (bicyclic) bond motifs is 1. The van der Waals surface area contributed by atoms with Crippen LogP contribution < -0.4 is 4.74 Å². The van der Waals surface area contributed by atoms with Gasteiger partial charge in [-0.1, -0.05) is 35.9 Å². The van der Waals surface area contributed by atoms with Crippen LogP contribution >= 0.6 is 0 Å².